The van der Waals surface area contributed by atoms with E-state index in [9.17, 15) is 22.8 Å². The van der Waals surface area contributed by atoms with Gasteiger partial charge in [0.05, 0.1) is 23.9 Å². The average Bonchev–Trinajstić information content (AvgIpc) is 3.27. The molecule has 166 valence electrons. The van der Waals surface area contributed by atoms with Crippen LogP contribution in [0.2, 0.25) is 0 Å². The van der Waals surface area contributed by atoms with Gasteiger partial charge in [-0.2, -0.15) is 18.3 Å². The molecule has 4 rings (SSSR count). The van der Waals surface area contributed by atoms with Crippen molar-refractivity contribution in [3.8, 4) is 0 Å². The van der Waals surface area contributed by atoms with Gasteiger partial charge in [0.15, 0.2) is 0 Å². The van der Waals surface area contributed by atoms with Crippen molar-refractivity contribution in [2.24, 2.45) is 0 Å². The van der Waals surface area contributed by atoms with Crippen LogP contribution in [0.5, 0.6) is 0 Å². The van der Waals surface area contributed by atoms with E-state index in [1.54, 1.807) is 20.7 Å². The second kappa shape index (κ2) is 8.86. The molecule has 1 saturated heterocycles. The zero-order valence-corrected chi connectivity index (χ0v) is 17.1. The Bertz CT molecular complexity index is 1090. The Balaban J connectivity index is 1.33. The van der Waals surface area contributed by atoms with E-state index >= 15 is 0 Å². The van der Waals surface area contributed by atoms with Gasteiger partial charge in [0.25, 0.3) is 11.8 Å². The van der Waals surface area contributed by atoms with Crippen LogP contribution >= 0.6 is 0 Å². The Labute approximate surface area is 182 Å². The van der Waals surface area contributed by atoms with E-state index in [-0.39, 0.29) is 17.4 Å². The molecule has 0 spiro atoms. The standard InChI is InChI=1S/C23H21F3N4O2/c24-23(25,26)20-8-6-18(7-9-20)21(31)28-10-12-29(13-11-28)22(32)19-14-27-30(16-19)15-17-4-2-1-3-5-17/h1-9,14,16H,10-13,15H2. The lowest BCUT2D eigenvalue weighted by Crippen LogP contribution is -2.50. The second-order valence-electron chi connectivity index (χ2n) is 7.57. The number of aromatic nitrogens is 2. The van der Waals surface area contributed by atoms with E-state index in [4.69, 9.17) is 0 Å². The highest BCUT2D eigenvalue weighted by Crippen LogP contribution is 2.29. The molecule has 0 N–H and O–H groups in total. The maximum atomic E-state index is 12.8. The number of rotatable bonds is 4. The highest BCUT2D eigenvalue weighted by Gasteiger charge is 2.31. The number of nitrogens with zero attached hydrogens (tertiary/aromatic N) is 4. The number of carbonyl (C=O) groups excluding carboxylic acids is 2. The largest absolute Gasteiger partial charge is 0.416 e. The van der Waals surface area contributed by atoms with Gasteiger partial charge in [-0.05, 0) is 29.8 Å². The highest BCUT2D eigenvalue weighted by molar-refractivity contribution is 5.95. The molecule has 3 aromatic rings. The van der Waals surface area contributed by atoms with E-state index in [0.29, 0.717) is 38.3 Å². The molecule has 1 aliphatic rings. The van der Waals surface area contributed by atoms with Crippen LogP contribution in [0.3, 0.4) is 0 Å². The van der Waals surface area contributed by atoms with E-state index < -0.39 is 11.7 Å². The summed E-state index contributed by atoms with van der Waals surface area (Å²) in [7, 11) is 0. The van der Waals surface area contributed by atoms with Crippen LogP contribution in [0.4, 0.5) is 13.2 Å². The predicted octanol–water partition coefficient (Wildman–Crippen LogP) is 3.55. The number of alkyl halides is 3. The van der Waals surface area contributed by atoms with Crippen molar-refractivity contribution in [2.75, 3.05) is 26.2 Å². The molecule has 0 radical (unpaired) electrons. The van der Waals surface area contributed by atoms with Gasteiger partial charge in [-0.3, -0.25) is 14.3 Å². The van der Waals surface area contributed by atoms with Gasteiger partial charge in [0.1, 0.15) is 0 Å². The van der Waals surface area contributed by atoms with E-state index in [2.05, 4.69) is 5.10 Å². The number of hydrogen-bond donors (Lipinski definition) is 0. The first kappa shape index (κ1) is 21.6. The Morgan fingerprint density at radius 3 is 1.94 bits per heavy atom. The van der Waals surface area contributed by atoms with Crippen LogP contribution in [0.15, 0.2) is 67.0 Å². The first-order valence-corrected chi connectivity index (χ1v) is 10.1. The number of carbonyl (C=O) groups is 2. The molecule has 2 amide bonds. The third kappa shape index (κ3) is 4.82. The number of benzene rings is 2. The third-order valence-electron chi connectivity index (χ3n) is 5.38. The predicted molar refractivity (Wildman–Crippen MR) is 111 cm³/mol. The molecule has 6 nitrogen and oxygen atoms in total. The van der Waals surface area contributed by atoms with Crippen LogP contribution in [0, 0.1) is 0 Å². The topological polar surface area (TPSA) is 58.4 Å². The van der Waals surface area contributed by atoms with E-state index in [1.165, 1.54) is 18.3 Å². The molecule has 9 heteroatoms. The van der Waals surface area contributed by atoms with Crippen molar-refractivity contribution in [3.05, 3.63) is 89.2 Å². The molecule has 0 saturated carbocycles. The SMILES string of the molecule is O=C(c1ccc(C(F)(F)F)cc1)N1CCN(C(=O)c2cnn(Cc3ccccc3)c2)CC1. The zero-order chi connectivity index (χ0) is 22.7. The Morgan fingerprint density at radius 2 is 1.38 bits per heavy atom. The van der Waals surface area contributed by atoms with Crippen molar-refractivity contribution in [2.45, 2.75) is 12.7 Å². The average molecular weight is 442 g/mol. The lowest BCUT2D eigenvalue weighted by atomic mass is 10.1. The summed E-state index contributed by atoms with van der Waals surface area (Å²) in [5, 5.41) is 4.26. The molecule has 0 atom stereocenters. The van der Waals surface area contributed by atoms with E-state index in [1.807, 2.05) is 30.3 Å². The van der Waals surface area contributed by atoms with Crippen molar-refractivity contribution >= 4 is 11.8 Å². The van der Waals surface area contributed by atoms with Gasteiger partial charge in [-0.25, -0.2) is 0 Å². The molecule has 0 bridgehead atoms. The van der Waals surface area contributed by atoms with Crippen LogP contribution in [0.25, 0.3) is 0 Å². The number of hydrogen-bond acceptors (Lipinski definition) is 3. The van der Waals surface area contributed by atoms with Crippen molar-refractivity contribution < 1.29 is 22.8 Å². The van der Waals surface area contributed by atoms with E-state index in [0.717, 1.165) is 17.7 Å². The van der Waals surface area contributed by atoms with Gasteiger partial charge < -0.3 is 9.80 Å². The summed E-state index contributed by atoms with van der Waals surface area (Å²) in [5.41, 5.74) is 0.950. The summed E-state index contributed by atoms with van der Waals surface area (Å²) >= 11 is 0. The summed E-state index contributed by atoms with van der Waals surface area (Å²) in [6.45, 7) is 1.86. The zero-order valence-electron chi connectivity index (χ0n) is 17.1. The first-order chi connectivity index (χ1) is 15.3. The quantitative estimate of drug-likeness (QED) is 0.621. The van der Waals surface area contributed by atoms with Crippen LogP contribution in [-0.2, 0) is 12.7 Å². The maximum absolute atomic E-state index is 12.8. The van der Waals surface area contributed by atoms with Crippen LogP contribution in [-0.4, -0.2) is 57.6 Å². The van der Waals surface area contributed by atoms with Crippen LogP contribution < -0.4 is 0 Å². The third-order valence-corrected chi connectivity index (χ3v) is 5.38. The smallest absolute Gasteiger partial charge is 0.335 e. The van der Waals surface area contributed by atoms with Gasteiger partial charge in [-0.15, -0.1) is 0 Å². The molecule has 2 heterocycles. The first-order valence-electron chi connectivity index (χ1n) is 10.1. The summed E-state index contributed by atoms with van der Waals surface area (Å²) in [6.07, 6.45) is -1.21. The van der Waals surface area contributed by atoms with Gasteiger partial charge in [0, 0.05) is 37.9 Å². The lowest BCUT2D eigenvalue weighted by Gasteiger charge is -2.34. The Morgan fingerprint density at radius 1 is 0.812 bits per heavy atom. The summed E-state index contributed by atoms with van der Waals surface area (Å²) in [4.78, 5) is 28.6. The molecule has 1 aliphatic heterocycles. The summed E-state index contributed by atoms with van der Waals surface area (Å²) < 4.78 is 39.8. The molecule has 1 aromatic heterocycles. The lowest BCUT2D eigenvalue weighted by molar-refractivity contribution is -0.137. The van der Waals surface area contributed by atoms with Crippen molar-refractivity contribution in [1.29, 1.82) is 0 Å². The van der Waals surface area contributed by atoms with Gasteiger partial charge >= 0.3 is 6.18 Å². The highest BCUT2D eigenvalue weighted by atomic mass is 19.4. The number of halogens is 3. The number of piperazine rings is 1. The molecular weight excluding hydrogens is 421 g/mol. The molecule has 0 aliphatic carbocycles. The number of amides is 2. The fourth-order valence-corrected chi connectivity index (χ4v) is 3.61. The summed E-state index contributed by atoms with van der Waals surface area (Å²) in [6, 6.07) is 14.0. The maximum Gasteiger partial charge on any atom is 0.416 e. The fourth-order valence-electron chi connectivity index (χ4n) is 3.61. The van der Waals surface area contributed by atoms with Crippen LogP contribution in [0.1, 0.15) is 31.8 Å². The van der Waals surface area contributed by atoms with Gasteiger partial charge in [-0.1, -0.05) is 30.3 Å². The van der Waals surface area contributed by atoms with Crippen molar-refractivity contribution in [3.63, 3.8) is 0 Å². The fraction of sp³-hybridized carbons (Fsp3) is 0.261. The molecular formula is C23H21F3N4O2. The minimum atomic E-state index is -4.44. The summed E-state index contributed by atoms with van der Waals surface area (Å²) in [5.74, 6) is -0.507. The monoisotopic (exact) mass is 442 g/mol. The second-order valence-corrected chi connectivity index (χ2v) is 7.57. The molecule has 32 heavy (non-hydrogen) atoms. The normalized spacial score (nSPS) is 14.5. The minimum Gasteiger partial charge on any atom is -0.335 e. The Kier molecular flexibility index (Phi) is 5.98. The molecule has 0 unspecified atom stereocenters. The molecule has 1 fully saturated rings. The van der Waals surface area contributed by atoms with Gasteiger partial charge in [0.2, 0.25) is 0 Å². The molecule has 2 aromatic carbocycles. The Hall–Kier alpha value is -3.62. The minimum absolute atomic E-state index is 0.161. The van der Waals surface area contributed by atoms with Crippen molar-refractivity contribution in [1.82, 2.24) is 19.6 Å².